The molecule has 3 heterocycles. The van der Waals surface area contributed by atoms with Gasteiger partial charge in [0.1, 0.15) is 35.4 Å². The van der Waals surface area contributed by atoms with Gasteiger partial charge in [-0.15, -0.1) is 0 Å². The number of nitrogens with one attached hydrogen (secondary N) is 1. The van der Waals surface area contributed by atoms with Gasteiger partial charge in [-0.05, 0) is 66.3 Å². The summed E-state index contributed by atoms with van der Waals surface area (Å²) in [6, 6.07) is 9.63. The summed E-state index contributed by atoms with van der Waals surface area (Å²) in [4.78, 5) is 37.0. The predicted molar refractivity (Wildman–Crippen MR) is 170 cm³/mol. The zero-order valence-corrected chi connectivity index (χ0v) is 27.5. The molecule has 0 spiro atoms. The zero-order valence-electron chi connectivity index (χ0n) is 25.9. The fourth-order valence-corrected chi connectivity index (χ4v) is 7.00. The van der Waals surface area contributed by atoms with E-state index in [9.17, 15) is 27.2 Å². The standard InChI is InChI=1S/C34H27BrF6N6O2/c1-15(2)24-6-4-20(13-42-24)47-32(44-25-10-17(35)3-5-21(25)33(47)49)26(9-16-7-18(36)11-19(37)8-16)43-27(48)14-46-30-28(29(45-46)31(38)39)22-12-23(22)34(30,40)41/h3-8,10-11,13,15,22-23,26,31H,9,12,14H2,1-2H3,(H,43,48)/t22-,23+,26-/m0/s1. The van der Waals surface area contributed by atoms with Crippen molar-refractivity contribution in [1.82, 2.24) is 29.6 Å². The van der Waals surface area contributed by atoms with Crippen molar-refractivity contribution in [3.8, 4) is 5.69 Å². The fourth-order valence-electron chi connectivity index (χ4n) is 6.66. The van der Waals surface area contributed by atoms with Crippen LogP contribution in [0.25, 0.3) is 16.6 Å². The average Bonchev–Trinajstić information content (AvgIpc) is 3.68. The summed E-state index contributed by atoms with van der Waals surface area (Å²) in [6.07, 6.45) is -1.92. The Hall–Kier alpha value is -4.53. The number of hydrogen-bond donors (Lipinski definition) is 1. The summed E-state index contributed by atoms with van der Waals surface area (Å²) in [5.41, 5.74) is -0.946. The molecule has 7 rings (SSSR count). The first kappa shape index (κ1) is 33.0. The molecule has 1 N–H and O–H groups in total. The van der Waals surface area contributed by atoms with Gasteiger partial charge in [0.2, 0.25) is 5.91 Å². The number of rotatable bonds is 9. The van der Waals surface area contributed by atoms with Crippen molar-refractivity contribution < 1.29 is 31.1 Å². The Labute approximate surface area is 283 Å². The highest BCUT2D eigenvalue weighted by atomic mass is 79.9. The number of nitrogens with zero attached hydrogens (tertiary/aromatic N) is 5. The molecule has 2 aromatic carbocycles. The number of aromatic nitrogens is 5. The van der Waals surface area contributed by atoms with Gasteiger partial charge >= 0.3 is 0 Å². The summed E-state index contributed by atoms with van der Waals surface area (Å²) in [5.74, 6) is -8.06. The van der Waals surface area contributed by atoms with Crippen molar-refractivity contribution in [3.05, 3.63) is 115 Å². The molecule has 0 radical (unpaired) electrons. The topological polar surface area (TPSA) is 94.7 Å². The van der Waals surface area contributed by atoms with Crippen LogP contribution in [0.3, 0.4) is 0 Å². The van der Waals surface area contributed by atoms with Gasteiger partial charge in [0.25, 0.3) is 17.9 Å². The number of hydrogen-bond acceptors (Lipinski definition) is 5. The minimum absolute atomic E-state index is 0.0537. The molecule has 1 amide bonds. The van der Waals surface area contributed by atoms with Crippen LogP contribution in [0.2, 0.25) is 0 Å². The van der Waals surface area contributed by atoms with Crippen molar-refractivity contribution in [1.29, 1.82) is 0 Å². The van der Waals surface area contributed by atoms with E-state index in [1.165, 1.54) is 10.8 Å². The molecule has 2 aliphatic carbocycles. The van der Waals surface area contributed by atoms with Crippen molar-refractivity contribution in [2.24, 2.45) is 5.92 Å². The molecule has 15 heteroatoms. The molecule has 0 unspecified atom stereocenters. The van der Waals surface area contributed by atoms with Crippen LogP contribution >= 0.6 is 15.9 Å². The number of pyridine rings is 1. The third kappa shape index (κ3) is 5.91. The second kappa shape index (κ2) is 12.1. The molecule has 2 aliphatic rings. The number of fused-ring (bicyclic) bond motifs is 4. The van der Waals surface area contributed by atoms with Gasteiger partial charge in [-0.2, -0.15) is 13.9 Å². The van der Waals surface area contributed by atoms with Crippen LogP contribution in [-0.4, -0.2) is 30.2 Å². The second-order valence-electron chi connectivity index (χ2n) is 12.6. The zero-order chi connectivity index (χ0) is 34.9. The summed E-state index contributed by atoms with van der Waals surface area (Å²) in [6.45, 7) is 3.01. The lowest BCUT2D eigenvalue weighted by Gasteiger charge is -2.24. The Morgan fingerprint density at radius 1 is 1.08 bits per heavy atom. The Morgan fingerprint density at radius 2 is 1.82 bits per heavy atom. The minimum atomic E-state index is -3.46. The molecule has 3 atom stereocenters. The monoisotopic (exact) mass is 744 g/mol. The highest BCUT2D eigenvalue weighted by Gasteiger charge is 2.67. The predicted octanol–water partition coefficient (Wildman–Crippen LogP) is 7.39. The summed E-state index contributed by atoms with van der Waals surface area (Å²) >= 11 is 3.37. The van der Waals surface area contributed by atoms with Gasteiger partial charge < -0.3 is 5.32 Å². The number of halogens is 7. The number of carbonyl (C=O) groups is 1. The van der Waals surface area contributed by atoms with Crippen molar-refractivity contribution in [2.75, 3.05) is 0 Å². The van der Waals surface area contributed by atoms with E-state index in [2.05, 4.69) is 31.3 Å². The third-order valence-corrected chi connectivity index (χ3v) is 9.44. The van der Waals surface area contributed by atoms with E-state index in [4.69, 9.17) is 4.98 Å². The molecular formula is C34H27BrF6N6O2. The molecule has 8 nitrogen and oxygen atoms in total. The molecule has 5 aromatic rings. The van der Waals surface area contributed by atoms with E-state index in [1.807, 2.05) is 13.8 Å². The Morgan fingerprint density at radius 3 is 2.47 bits per heavy atom. The van der Waals surface area contributed by atoms with Crippen molar-refractivity contribution in [3.63, 3.8) is 0 Å². The minimum Gasteiger partial charge on any atom is -0.344 e. The van der Waals surface area contributed by atoms with Crippen LogP contribution in [-0.2, 0) is 23.7 Å². The number of carbonyl (C=O) groups excluding carboxylic acids is 1. The molecule has 3 aromatic heterocycles. The average molecular weight is 746 g/mol. The normalized spacial score (nSPS) is 18.2. The first-order valence-corrected chi connectivity index (χ1v) is 16.2. The largest absolute Gasteiger partial charge is 0.344 e. The molecule has 49 heavy (non-hydrogen) atoms. The van der Waals surface area contributed by atoms with Gasteiger partial charge in [0, 0.05) is 34.1 Å². The van der Waals surface area contributed by atoms with E-state index in [0.717, 1.165) is 17.8 Å². The van der Waals surface area contributed by atoms with Crippen molar-refractivity contribution in [2.45, 2.75) is 63.5 Å². The maximum atomic E-state index is 15.2. The summed E-state index contributed by atoms with van der Waals surface area (Å²) in [5, 5.41) is 6.61. The lowest BCUT2D eigenvalue weighted by atomic mass is 10.0. The van der Waals surface area contributed by atoms with E-state index in [1.54, 1.807) is 30.3 Å². The maximum Gasteiger partial charge on any atom is 0.293 e. The van der Waals surface area contributed by atoms with Gasteiger partial charge in [-0.3, -0.25) is 23.8 Å². The molecule has 0 saturated heterocycles. The van der Waals surface area contributed by atoms with Gasteiger partial charge in [-0.1, -0.05) is 29.8 Å². The molecule has 254 valence electrons. The quantitative estimate of drug-likeness (QED) is 0.159. The third-order valence-electron chi connectivity index (χ3n) is 8.95. The van der Waals surface area contributed by atoms with Crippen LogP contribution in [0.4, 0.5) is 26.3 Å². The lowest BCUT2D eigenvalue weighted by molar-refractivity contribution is -0.123. The molecule has 1 fully saturated rings. The fraction of sp³-hybridized carbons (Fsp3) is 0.324. The Kier molecular flexibility index (Phi) is 8.15. The van der Waals surface area contributed by atoms with Crippen molar-refractivity contribution >= 4 is 32.7 Å². The van der Waals surface area contributed by atoms with E-state index in [0.29, 0.717) is 15.2 Å². The van der Waals surface area contributed by atoms with Gasteiger partial charge in [0.15, 0.2) is 0 Å². The van der Waals surface area contributed by atoms with Gasteiger partial charge in [-0.25, -0.2) is 22.5 Å². The highest BCUT2D eigenvalue weighted by Crippen LogP contribution is 2.68. The smallest absolute Gasteiger partial charge is 0.293 e. The van der Waals surface area contributed by atoms with E-state index in [-0.39, 0.29) is 52.3 Å². The first-order valence-electron chi connectivity index (χ1n) is 15.4. The SMILES string of the molecule is CC(C)c1ccc(-n2c([C@H](Cc3cc(F)cc(F)c3)NC(=O)Cn3nc(C(F)F)c4c3C(F)(F)[C@@H]3C[C@H]43)nc3cc(Br)ccc3c2=O)cn1. The number of alkyl halides is 4. The summed E-state index contributed by atoms with van der Waals surface area (Å²) in [7, 11) is 0. The molecule has 0 bridgehead atoms. The second-order valence-corrected chi connectivity index (χ2v) is 13.6. The van der Waals surface area contributed by atoms with Gasteiger partial charge in [0.05, 0.1) is 28.8 Å². The van der Waals surface area contributed by atoms with Crippen LogP contribution in [0.1, 0.15) is 78.6 Å². The Balaban J connectivity index is 1.35. The number of benzene rings is 2. The van der Waals surface area contributed by atoms with E-state index >= 15 is 8.78 Å². The summed E-state index contributed by atoms with van der Waals surface area (Å²) < 4.78 is 89.3. The van der Waals surface area contributed by atoms with Crippen LogP contribution in [0, 0.1) is 17.6 Å². The highest BCUT2D eigenvalue weighted by molar-refractivity contribution is 9.10. The van der Waals surface area contributed by atoms with Crippen LogP contribution in [0.5, 0.6) is 0 Å². The molecular weight excluding hydrogens is 718 g/mol. The molecule has 0 aliphatic heterocycles. The van der Waals surface area contributed by atoms with Crippen LogP contribution in [0.15, 0.2) is 64.0 Å². The first-order chi connectivity index (χ1) is 23.2. The molecule has 1 saturated carbocycles. The van der Waals surface area contributed by atoms with Crippen LogP contribution < -0.4 is 10.9 Å². The number of amides is 1. The lowest BCUT2D eigenvalue weighted by Crippen LogP contribution is -2.38. The Bertz CT molecular complexity index is 2160. The maximum absolute atomic E-state index is 15.2. The van der Waals surface area contributed by atoms with E-state index < -0.39 is 71.3 Å².